The van der Waals surface area contributed by atoms with Crippen molar-refractivity contribution in [1.82, 2.24) is 5.32 Å². The van der Waals surface area contributed by atoms with Gasteiger partial charge in [-0.3, -0.25) is 0 Å². The molecule has 0 amide bonds. The Hall–Kier alpha value is 0.310. The zero-order valence-electron chi connectivity index (χ0n) is 11.0. The van der Waals surface area contributed by atoms with Crippen LogP contribution in [0.5, 0.6) is 0 Å². The van der Waals surface area contributed by atoms with Gasteiger partial charge in [0, 0.05) is 6.04 Å². The van der Waals surface area contributed by atoms with Crippen LogP contribution in [-0.4, -0.2) is 24.6 Å². The van der Waals surface area contributed by atoms with Gasteiger partial charge in [0.25, 0.3) is 0 Å². The summed E-state index contributed by atoms with van der Waals surface area (Å²) < 4.78 is 0. The molecule has 92 valence electrons. The molecule has 0 spiro atoms. The second-order valence-corrected chi connectivity index (χ2v) is 5.74. The maximum Gasteiger partial charge on any atom is 0.00749 e. The average Bonchev–Trinajstić information content (AvgIpc) is 2.20. The molecule has 0 aliphatic heterocycles. The molecule has 0 heterocycles. The lowest BCUT2D eigenvalue weighted by atomic mass is 10.0. The Balaban J connectivity index is 3.58. The minimum absolute atomic E-state index is 0.760. The van der Waals surface area contributed by atoms with Crippen molar-refractivity contribution in [3.63, 3.8) is 0 Å². The van der Waals surface area contributed by atoms with Gasteiger partial charge in [0.05, 0.1) is 0 Å². The van der Waals surface area contributed by atoms with Crippen LogP contribution < -0.4 is 5.32 Å². The molecule has 2 heteroatoms. The first-order chi connectivity index (χ1) is 7.20. The van der Waals surface area contributed by atoms with Crippen molar-refractivity contribution < 1.29 is 0 Å². The van der Waals surface area contributed by atoms with Gasteiger partial charge in [0.2, 0.25) is 0 Å². The Morgan fingerprint density at radius 2 is 1.87 bits per heavy atom. The van der Waals surface area contributed by atoms with Gasteiger partial charge in [-0.25, -0.2) is 0 Å². The van der Waals surface area contributed by atoms with Gasteiger partial charge in [-0.1, -0.05) is 33.6 Å². The van der Waals surface area contributed by atoms with E-state index < -0.39 is 0 Å². The standard InChI is InChI=1S/C13H29NS/c1-5-10-14-13(9-11-15-4)8-6-7-12(2)3/h12-14H,5-11H2,1-4H3. The van der Waals surface area contributed by atoms with E-state index in [4.69, 9.17) is 0 Å². The van der Waals surface area contributed by atoms with Gasteiger partial charge in [-0.2, -0.15) is 11.8 Å². The normalized spacial score (nSPS) is 13.4. The highest BCUT2D eigenvalue weighted by molar-refractivity contribution is 7.98. The Morgan fingerprint density at radius 3 is 2.40 bits per heavy atom. The zero-order chi connectivity index (χ0) is 11.5. The monoisotopic (exact) mass is 231 g/mol. The van der Waals surface area contributed by atoms with Crippen molar-refractivity contribution >= 4 is 11.8 Å². The fourth-order valence-corrected chi connectivity index (χ4v) is 2.25. The van der Waals surface area contributed by atoms with Gasteiger partial charge in [0.15, 0.2) is 0 Å². The summed E-state index contributed by atoms with van der Waals surface area (Å²) in [5, 5.41) is 3.66. The maximum absolute atomic E-state index is 3.66. The SMILES string of the molecule is CCCNC(CCCC(C)C)CCSC. The number of rotatable bonds is 10. The van der Waals surface area contributed by atoms with Crippen molar-refractivity contribution in [2.24, 2.45) is 5.92 Å². The first-order valence-electron chi connectivity index (χ1n) is 6.43. The summed E-state index contributed by atoms with van der Waals surface area (Å²) in [5.74, 6) is 2.15. The van der Waals surface area contributed by atoms with E-state index in [0.717, 1.165) is 12.0 Å². The molecular weight excluding hydrogens is 202 g/mol. The molecule has 0 aromatic heterocycles. The van der Waals surface area contributed by atoms with Gasteiger partial charge in [-0.15, -0.1) is 0 Å². The molecule has 0 fully saturated rings. The average molecular weight is 231 g/mol. The van der Waals surface area contributed by atoms with E-state index in [2.05, 4.69) is 32.3 Å². The summed E-state index contributed by atoms with van der Waals surface area (Å²) in [6.45, 7) is 8.06. The maximum atomic E-state index is 3.66. The minimum atomic E-state index is 0.760. The van der Waals surface area contributed by atoms with Crippen LogP contribution in [-0.2, 0) is 0 Å². The summed E-state index contributed by atoms with van der Waals surface area (Å²) in [6, 6.07) is 0.760. The highest BCUT2D eigenvalue weighted by atomic mass is 32.2. The summed E-state index contributed by atoms with van der Waals surface area (Å²) in [4.78, 5) is 0. The summed E-state index contributed by atoms with van der Waals surface area (Å²) >= 11 is 1.96. The minimum Gasteiger partial charge on any atom is -0.314 e. The van der Waals surface area contributed by atoms with E-state index in [9.17, 15) is 0 Å². The van der Waals surface area contributed by atoms with Crippen LogP contribution in [0.1, 0.15) is 52.9 Å². The van der Waals surface area contributed by atoms with Gasteiger partial charge >= 0.3 is 0 Å². The summed E-state index contributed by atoms with van der Waals surface area (Å²) in [7, 11) is 0. The second-order valence-electron chi connectivity index (χ2n) is 4.76. The third-order valence-electron chi connectivity index (χ3n) is 2.69. The summed E-state index contributed by atoms with van der Waals surface area (Å²) in [5.41, 5.74) is 0. The molecule has 0 bridgehead atoms. The van der Waals surface area contributed by atoms with Crippen LogP contribution >= 0.6 is 11.8 Å². The molecule has 1 atom stereocenters. The fourth-order valence-electron chi connectivity index (χ4n) is 1.73. The Kier molecular flexibility index (Phi) is 11.0. The lowest BCUT2D eigenvalue weighted by molar-refractivity contribution is 0.430. The number of nitrogens with one attached hydrogen (secondary N) is 1. The Bertz CT molecular complexity index is 118. The van der Waals surface area contributed by atoms with Crippen molar-refractivity contribution in [2.45, 2.75) is 58.9 Å². The van der Waals surface area contributed by atoms with Gasteiger partial charge in [-0.05, 0) is 43.7 Å². The predicted octanol–water partition coefficient (Wildman–Crippen LogP) is 3.93. The molecule has 0 radical (unpaired) electrons. The number of hydrogen-bond donors (Lipinski definition) is 1. The lowest BCUT2D eigenvalue weighted by Crippen LogP contribution is -2.30. The van der Waals surface area contributed by atoms with Gasteiger partial charge in [0.1, 0.15) is 0 Å². The molecule has 0 aromatic rings. The van der Waals surface area contributed by atoms with Crippen LogP contribution in [0.2, 0.25) is 0 Å². The van der Waals surface area contributed by atoms with E-state index >= 15 is 0 Å². The van der Waals surface area contributed by atoms with Crippen LogP contribution in [0, 0.1) is 5.92 Å². The fraction of sp³-hybridized carbons (Fsp3) is 1.00. The van der Waals surface area contributed by atoms with Crippen molar-refractivity contribution in [2.75, 3.05) is 18.6 Å². The molecule has 15 heavy (non-hydrogen) atoms. The van der Waals surface area contributed by atoms with E-state index in [1.54, 1.807) is 0 Å². The van der Waals surface area contributed by atoms with Crippen molar-refractivity contribution in [3.05, 3.63) is 0 Å². The predicted molar refractivity (Wildman–Crippen MR) is 73.8 cm³/mol. The molecule has 0 saturated heterocycles. The van der Waals surface area contributed by atoms with Crippen LogP contribution in [0.25, 0.3) is 0 Å². The first-order valence-corrected chi connectivity index (χ1v) is 7.82. The van der Waals surface area contributed by atoms with Crippen LogP contribution in [0.4, 0.5) is 0 Å². The Labute approximate surface area is 101 Å². The molecule has 0 aliphatic rings. The molecule has 0 aromatic carbocycles. The van der Waals surface area contributed by atoms with E-state index in [1.165, 1.54) is 44.4 Å². The van der Waals surface area contributed by atoms with E-state index in [-0.39, 0.29) is 0 Å². The van der Waals surface area contributed by atoms with Crippen LogP contribution in [0.3, 0.4) is 0 Å². The highest BCUT2D eigenvalue weighted by Crippen LogP contribution is 2.12. The quantitative estimate of drug-likeness (QED) is 0.611. The topological polar surface area (TPSA) is 12.0 Å². The van der Waals surface area contributed by atoms with Gasteiger partial charge < -0.3 is 5.32 Å². The molecule has 1 unspecified atom stereocenters. The van der Waals surface area contributed by atoms with Crippen LogP contribution in [0.15, 0.2) is 0 Å². The second kappa shape index (κ2) is 10.8. The van der Waals surface area contributed by atoms with E-state index in [0.29, 0.717) is 0 Å². The number of hydrogen-bond acceptors (Lipinski definition) is 2. The summed E-state index contributed by atoms with van der Waals surface area (Å²) in [6.07, 6.45) is 8.90. The molecule has 1 N–H and O–H groups in total. The highest BCUT2D eigenvalue weighted by Gasteiger charge is 2.07. The molecular formula is C13H29NS. The van der Waals surface area contributed by atoms with E-state index in [1.807, 2.05) is 11.8 Å². The third kappa shape index (κ3) is 10.6. The lowest BCUT2D eigenvalue weighted by Gasteiger charge is -2.18. The smallest absolute Gasteiger partial charge is 0.00749 e. The molecule has 0 saturated carbocycles. The third-order valence-corrected chi connectivity index (χ3v) is 3.33. The molecule has 0 aliphatic carbocycles. The largest absolute Gasteiger partial charge is 0.314 e. The molecule has 1 nitrogen and oxygen atoms in total. The zero-order valence-corrected chi connectivity index (χ0v) is 11.8. The Morgan fingerprint density at radius 1 is 1.13 bits per heavy atom. The molecule has 0 rings (SSSR count). The van der Waals surface area contributed by atoms with Crippen molar-refractivity contribution in [3.8, 4) is 0 Å². The first kappa shape index (κ1) is 15.3. The number of thioether (sulfide) groups is 1. The van der Waals surface area contributed by atoms with Crippen molar-refractivity contribution in [1.29, 1.82) is 0 Å².